The van der Waals surface area contributed by atoms with Gasteiger partial charge >= 0.3 is 0 Å². The highest BCUT2D eigenvalue weighted by molar-refractivity contribution is 6.03. The van der Waals surface area contributed by atoms with E-state index >= 15 is 0 Å². The molecule has 0 fully saturated rings. The zero-order valence-corrected chi connectivity index (χ0v) is 8.97. The van der Waals surface area contributed by atoms with E-state index in [4.69, 9.17) is 4.74 Å². The van der Waals surface area contributed by atoms with Gasteiger partial charge in [-0.25, -0.2) is 5.10 Å². The first-order valence-electron chi connectivity index (χ1n) is 4.74. The average molecular weight is 234 g/mol. The Bertz CT molecular complexity index is 524. The molecule has 0 aliphatic carbocycles. The smallest absolute Gasteiger partial charge is 0.258 e. The van der Waals surface area contributed by atoms with E-state index in [0.717, 1.165) is 0 Å². The molecule has 2 aromatic rings. The predicted octanol–water partition coefficient (Wildman–Crippen LogP) is 0.771. The molecule has 7 nitrogen and oxygen atoms in total. The Hall–Kier alpha value is -2.57. The fourth-order valence-electron chi connectivity index (χ4n) is 1.26. The number of H-pyrrole nitrogens is 1. The predicted molar refractivity (Wildman–Crippen MR) is 59.0 cm³/mol. The van der Waals surface area contributed by atoms with Crippen LogP contribution in [0.15, 0.2) is 24.5 Å². The summed E-state index contributed by atoms with van der Waals surface area (Å²) in [6, 6.07) is 4.29. The number of aromatic nitrogens is 3. The molecule has 2 rings (SSSR count). The monoisotopic (exact) mass is 234 g/mol. The van der Waals surface area contributed by atoms with E-state index in [1.165, 1.54) is 31.6 Å². The fourth-order valence-corrected chi connectivity index (χ4v) is 1.26. The number of amides is 1. The van der Waals surface area contributed by atoms with Crippen molar-refractivity contribution in [3.63, 3.8) is 0 Å². The van der Waals surface area contributed by atoms with Crippen LogP contribution in [0.3, 0.4) is 0 Å². The second-order valence-electron chi connectivity index (χ2n) is 3.17. The van der Waals surface area contributed by atoms with Gasteiger partial charge in [0.15, 0.2) is 11.5 Å². The molecule has 3 N–H and O–H groups in total. The van der Waals surface area contributed by atoms with Gasteiger partial charge in [-0.2, -0.15) is 10.1 Å². The molecule has 0 aliphatic rings. The lowest BCUT2D eigenvalue weighted by Gasteiger charge is -2.06. The molecule has 7 heteroatoms. The number of hydrogen-bond donors (Lipinski definition) is 3. The molecule has 0 spiro atoms. The molecule has 0 radical (unpaired) electrons. The number of carbonyl (C=O) groups excluding carboxylic acids is 1. The van der Waals surface area contributed by atoms with Crippen LogP contribution in [0.2, 0.25) is 0 Å². The number of benzene rings is 1. The zero-order valence-electron chi connectivity index (χ0n) is 8.97. The Kier molecular flexibility index (Phi) is 2.91. The SMILES string of the molecule is COc1cc(C(=O)Nc2ncn[nH]2)ccc1O. The van der Waals surface area contributed by atoms with Gasteiger partial charge in [0.1, 0.15) is 6.33 Å². The van der Waals surface area contributed by atoms with Gasteiger partial charge in [-0.3, -0.25) is 10.1 Å². The molecular formula is C10H10N4O3. The van der Waals surface area contributed by atoms with Crippen LogP contribution in [-0.4, -0.2) is 33.3 Å². The number of aromatic amines is 1. The normalized spacial score (nSPS) is 9.94. The number of nitrogens with one attached hydrogen (secondary N) is 2. The Morgan fingerprint density at radius 2 is 2.35 bits per heavy atom. The minimum Gasteiger partial charge on any atom is -0.504 e. The number of carbonyl (C=O) groups is 1. The Balaban J connectivity index is 2.19. The van der Waals surface area contributed by atoms with Gasteiger partial charge in [-0.15, -0.1) is 0 Å². The number of aromatic hydroxyl groups is 1. The largest absolute Gasteiger partial charge is 0.504 e. The molecule has 0 saturated carbocycles. The number of anilines is 1. The van der Waals surface area contributed by atoms with Gasteiger partial charge in [-0.1, -0.05) is 0 Å². The average Bonchev–Trinajstić information content (AvgIpc) is 2.82. The van der Waals surface area contributed by atoms with Crippen LogP contribution in [0.5, 0.6) is 11.5 Å². The quantitative estimate of drug-likeness (QED) is 0.728. The van der Waals surface area contributed by atoms with Crippen molar-refractivity contribution in [2.24, 2.45) is 0 Å². The number of rotatable bonds is 3. The van der Waals surface area contributed by atoms with E-state index in [1.807, 2.05) is 0 Å². The van der Waals surface area contributed by atoms with E-state index in [2.05, 4.69) is 20.5 Å². The highest BCUT2D eigenvalue weighted by atomic mass is 16.5. The van der Waals surface area contributed by atoms with E-state index in [-0.39, 0.29) is 23.4 Å². The summed E-state index contributed by atoms with van der Waals surface area (Å²) in [5.74, 6) is 0.0843. The Morgan fingerprint density at radius 1 is 1.53 bits per heavy atom. The maximum absolute atomic E-state index is 11.8. The lowest BCUT2D eigenvalue weighted by molar-refractivity contribution is 0.102. The third-order valence-electron chi connectivity index (χ3n) is 2.09. The summed E-state index contributed by atoms with van der Waals surface area (Å²) in [6.45, 7) is 0. The van der Waals surface area contributed by atoms with Crippen LogP contribution in [-0.2, 0) is 0 Å². The molecule has 1 heterocycles. The lowest BCUT2D eigenvalue weighted by Crippen LogP contribution is -2.13. The molecule has 0 atom stereocenters. The topological polar surface area (TPSA) is 100 Å². The second-order valence-corrected chi connectivity index (χ2v) is 3.17. The zero-order chi connectivity index (χ0) is 12.3. The van der Waals surface area contributed by atoms with Crippen LogP contribution in [0.1, 0.15) is 10.4 Å². The van der Waals surface area contributed by atoms with Gasteiger partial charge in [-0.05, 0) is 18.2 Å². The van der Waals surface area contributed by atoms with Crippen LogP contribution in [0, 0.1) is 0 Å². The third kappa shape index (κ3) is 2.33. The Morgan fingerprint density at radius 3 is 3.00 bits per heavy atom. The van der Waals surface area contributed by atoms with Gasteiger partial charge < -0.3 is 9.84 Å². The first-order valence-corrected chi connectivity index (χ1v) is 4.74. The van der Waals surface area contributed by atoms with E-state index < -0.39 is 0 Å². The molecule has 0 saturated heterocycles. The van der Waals surface area contributed by atoms with E-state index in [9.17, 15) is 9.90 Å². The van der Waals surface area contributed by atoms with Crippen molar-refractivity contribution in [1.82, 2.24) is 15.2 Å². The van der Waals surface area contributed by atoms with Gasteiger partial charge in [0.2, 0.25) is 5.95 Å². The number of hydrogen-bond acceptors (Lipinski definition) is 5. The minimum absolute atomic E-state index is 0.0243. The Labute approximate surface area is 96.5 Å². The van der Waals surface area contributed by atoms with Crippen LogP contribution in [0.4, 0.5) is 5.95 Å². The second kappa shape index (κ2) is 4.52. The summed E-state index contributed by atoms with van der Waals surface area (Å²) >= 11 is 0. The summed E-state index contributed by atoms with van der Waals surface area (Å²) < 4.78 is 4.91. The summed E-state index contributed by atoms with van der Waals surface area (Å²) in [4.78, 5) is 15.5. The van der Waals surface area contributed by atoms with Crippen LogP contribution >= 0.6 is 0 Å². The van der Waals surface area contributed by atoms with Crippen molar-refractivity contribution in [3.05, 3.63) is 30.1 Å². The summed E-state index contributed by atoms with van der Waals surface area (Å²) in [7, 11) is 1.41. The van der Waals surface area contributed by atoms with Crippen molar-refractivity contribution in [3.8, 4) is 11.5 Å². The highest BCUT2D eigenvalue weighted by Gasteiger charge is 2.10. The first-order chi connectivity index (χ1) is 8.20. The summed E-state index contributed by atoms with van der Waals surface area (Å²) in [5, 5.41) is 18.0. The molecule has 17 heavy (non-hydrogen) atoms. The van der Waals surface area contributed by atoms with Crippen LogP contribution < -0.4 is 10.1 Å². The summed E-state index contributed by atoms with van der Waals surface area (Å²) in [6.07, 6.45) is 1.28. The van der Waals surface area contributed by atoms with Gasteiger partial charge in [0.05, 0.1) is 7.11 Å². The number of phenols is 1. The van der Waals surface area contributed by atoms with Crippen molar-refractivity contribution in [2.75, 3.05) is 12.4 Å². The molecule has 1 amide bonds. The van der Waals surface area contributed by atoms with Crippen molar-refractivity contribution in [2.45, 2.75) is 0 Å². The van der Waals surface area contributed by atoms with Gasteiger partial charge in [0, 0.05) is 5.56 Å². The van der Waals surface area contributed by atoms with Crippen molar-refractivity contribution < 1.29 is 14.6 Å². The maximum Gasteiger partial charge on any atom is 0.258 e. The first kappa shape index (κ1) is 10.9. The molecule has 1 aromatic heterocycles. The molecule has 88 valence electrons. The molecule has 1 aromatic carbocycles. The minimum atomic E-state index is -0.375. The molecule has 0 aliphatic heterocycles. The lowest BCUT2D eigenvalue weighted by atomic mass is 10.2. The summed E-state index contributed by atoms with van der Waals surface area (Å²) in [5.41, 5.74) is 0.344. The number of methoxy groups -OCH3 is 1. The van der Waals surface area contributed by atoms with Crippen molar-refractivity contribution in [1.29, 1.82) is 0 Å². The number of phenolic OH excluding ortho intramolecular Hbond substituents is 1. The molecule has 0 unspecified atom stereocenters. The standard InChI is InChI=1S/C10H10N4O3/c1-17-8-4-6(2-3-7(8)15)9(16)13-10-11-5-12-14-10/h2-5,15H,1H3,(H2,11,12,13,14,16). The van der Waals surface area contributed by atoms with E-state index in [0.29, 0.717) is 5.56 Å². The van der Waals surface area contributed by atoms with Crippen molar-refractivity contribution >= 4 is 11.9 Å². The molecule has 0 bridgehead atoms. The van der Waals surface area contributed by atoms with E-state index in [1.54, 1.807) is 0 Å². The fraction of sp³-hybridized carbons (Fsp3) is 0.100. The van der Waals surface area contributed by atoms with Gasteiger partial charge in [0.25, 0.3) is 5.91 Å². The maximum atomic E-state index is 11.8. The number of ether oxygens (including phenoxy) is 1. The molecular weight excluding hydrogens is 224 g/mol. The van der Waals surface area contributed by atoms with Crippen LogP contribution in [0.25, 0.3) is 0 Å². The highest BCUT2D eigenvalue weighted by Crippen LogP contribution is 2.26. The third-order valence-corrected chi connectivity index (χ3v) is 2.09. The number of nitrogens with zero attached hydrogens (tertiary/aromatic N) is 2.